The molecule has 1 saturated heterocycles. The number of carbonyl (C=O) groups excluding carboxylic acids is 1. The fraction of sp³-hybridized carbons (Fsp3) is 0.632. The van der Waals surface area contributed by atoms with Gasteiger partial charge >= 0.3 is 0 Å². The maximum Gasteiger partial charge on any atom is 0.238 e. The Morgan fingerprint density at radius 1 is 1.20 bits per heavy atom. The van der Waals surface area contributed by atoms with Crippen LogP contribution in [0.1, 0.15) is 11.1 Å². The Bertz CT molecular complexity index is 550. The first kappa shape index (κ1) is 19.8. The highest BCUT2D eigenvalue weighted by Gasteiger charge is 2.18. The van der Waals surface area contributed by atoms with Gasteiger partial charge in [-0.25, -0.2) is 0 Å². The van der Waals surface area contributed by atoms with Crippen molar-refractivity contribution < 1.29 is 9.90 Å². The third kappa shape index (κ3) is 7.12. The van der Waals surface area contributed by atoms with Crippen LogP contribution in [0.4, 0.5) is 5.69 Å². The summed E-state index contributed by atoms with van der Waals surface area (Å²) >= 11 is 0. The maximum absolute atomic E-state index is 12.2. The van der Waals surface area contributed by atoms with E-state index in [1.165, 1.54) is 0 Å². The van der Waals surface area contributed by atoms with Crippen LogP contribution in [0.2, 0.25) is 0 Å². The van der Waals surface area contributed by atoms with Gasteiger partial charge in [0.05, 0.1) is 12.6 Å². The van der Waals surface area contributed by atoms with Crippen LogP contribution in [-0.4, -0.2) is 91.7 Å². The topological polar surface area (TPSA) is 59.1 Å². The van der Waals surface area contributed by atoms with E-state index in [-0.39, 0.29) is 12.5 Å². The Balaban J connectivity index is 1.73. The van der Waals surface area contributed by atoms with E-state index in [1.807, 2.05) is 37.9 Å². The summed E-state index contributed by atoms with van der Waals surface area (Å²) < 4.78 is 0. The van der Waals surface area contributed by atoms with Crippen molar-refractivity contribution in [2.24, 2.45) is 0 Å². The zero-order chi connectivity index (χ0) is 18.4. The number of aliphatic hydroxyl groups excluding tert-OH is 1. The van der Waals surface area contributed by atoms with Crippen molar-refractivity contribution in [3.8, 4) is 0 Å². The Morgan fingerprint density at radius 2 is 1.80 bits per heavy atom. The van der Waals surface area contributed by atoms with Gasteiger partial charge in [0.2, 0.25) is 5.91 Å². The normalized spacial score (nSPS) is 17.7. The smallest absolute Gasteiger partial charge is 0.238 e. The molecule has 0 aliphatic carbocycles. The number of benzene rings is 1. The van der Waals surface area contributed by atoms with Crippen LogP contribution < -0.4 is 5.32 Å². The van der Waals surface area contributed by atoms with Crippen LogP contribution in [-0.2, 0) is 4.79 Å². The predicted molar refractivity (Wildman–Crippen MR) is 102 cm³/mol. The monoisotopic (exact) mass is 348 g/mol. The molecule has 1 aromatic carbocycles. The Labute approximate surface area is 151 Å². The number of hydrogen-bond donors (Lipinski definition) is 2. The number of aliphatic hydroxyl groups is 1. The molecule has 0 aromatic heterocycles. The van der Waals surface area contributed by atoms with E-state index in [4.69, 9.17) is 0 Å². The van der Waals surface area contributed by atoms with Crippen LogP contribution in [0.15, 0.2) is 18.2 Å². The van der Waals surface area contributed by atoms with E-state index in [9.17, 15) is 9.90 Å². The first-order valence-corrected chi connectivity index (χ1v) is 8.97. The molecule has 1 heterocycles. The van der Waals surface area contributed by atoms with Gasteiger partial charge in [0.1, 0.15) is 0 Å². The van der Waals surface area contributed by atoms with Crippen LogP contribution in [0, 0.1) is 13.8 Å². The van der Waals surface area contributed by atoms with Gasteiger partial charge in [-0.15, -0.1) is 0 Å². The molecule has 1 aliphatic rings. The number of hydrogen-bond acceptors (Lipinski definition) is 5. The average Bonchev–Trinajstić information content (AvgIpc) is 2.47. The third-order valence-corrected chi connectivity index (χ3v) is 4.51. The molecule has 6 nitrogen and oxygen atoms in total. The molecule has 1 aromatic rings. The zero-order valence-electron chi connectivity index (χ0n) is 16.0. The summed E-state index contributed by atoms with van der Waals surface area (Å²) in [6.45, 7) is 9.53. The largest absolute Gasteiger partial charge is 0.390 e. The first-order chi connectivity index (χ1) is 11.8. The van der Waals surface area contributed by atoms with Crippen LogP contribution in [0.3, 0.4) is 0 Å². The summed E-state index contributed by atoms with van der Waals surface area (Å²) in [6, 6.07) is 6.01. The number of amides is 1. The fourth-order valence-electron chi connectivity index (χ4n) is 3.30. The predicted octanol–water partition coefficient (Wildman–Crippen LogP) is 0.782. The Hall–Kier alpha value is -1.47. The molecule has 140 valence electrons. The quantitative estimate of drug-likeness (QED) is 0.763. The van der Waals surface area contributed by atoms with Gasteiger partial charge in [0.15, 0.2) is 0 Å². The molecule has 1 unspecified atom stereocenters. The molecule has 0 spiro atoms. The summed E-state index contributed by atoms with van der Waals surface area (Å²) in [5, 5.41) is 13.2. The molecule has 2 N–H and O–H groups in total. The number of β-amino-alcohol motifs (C(OH)–C–C–N with tert-alkyl or cyclic N) is 1. The molecule has 1 atom stereocenters. The van der Waals surface area contributed by atoms with Gasteiger partial charge in [-0.3, -0.25) is 14.6 Å². The van der Waals surface area contributed by atoms with Crippen LogP contribution >= 0.6 is 0 Å². The van der Waals surface area contributed by atoms with E-state index in [0.717, 1.165) is 43.0 Å². The van der Waals surface area contributed by atoms with E-state index < -0.39 is 6.10 Å². The van der Waals surface area contributed by atoms with Gasteiger partial charge in [-0.2, -0.15) is 0 Å². The molecule has 25 heavy (non-hydrogen) atoms. The highest BCUT2D eigenvalue weighted by molar-refractivity contribution is 5.92. The number of nitrogens with zero attached hydrogens (tertiary/aromatic N) is 3. The first-order valence-electron chi connectivity index (χ1n) is 8.97. The van der Waals surface area contributed by atoms with Gasteiger partial charge in [-0.1, -0.05) is 6.07 Å². The fourth-order valence-corrected chi connectivity index (χ4v) is 3.30. The summed E-state index contributed by atoms with van der Waals surface area (Å²) in [6.07, 6.45) is -0.442. The van der Waals surface area contributed by atoms with E-state index in [2.05, 4.69) is 28.2 Å². The summed E-state index contributed by atoms with van der Waals surface area (Å²) in [5.74, 6) is -0.0562. The van der Waals surface area contributed by atoms with Crippen molar-refractivity contribution >= 4 is 11.6 Å². The second-order valence-electron chi connectivity index (χ2n) is 7.38. The van der Waals surface area contributed by atoms with Crippen LogP contribution in [0.5, 0.6) is 0 Å². The van der Waals surface area contributed by atoms with E-state index in [0.29, 0.717) is 13.1 Å². The number of piperazine rings is 1. The van der Waals surface area contributed by atoms with Crippen molar-refractivity contribution in [2.45, 2.75) is 20.0 Å². The number of rotatable bonds is 7. The molecule has 0 bridgehead atoms. The summed E-state index contributed by atoms with van der Waals surface area (Å²) in [4.78, 5) is 18.7. The van der Waals surface area contributed by atoms with Gasteiger partial charge in [0, 0.05) is 45.0 Å². The Kier molecular flexibility index (Phi) is 7.38. The zero-order valence-corrected chi connectivity index (χ0v) is 16.0. The lowest BCUT2D eigenvalue weighted by molar-refractivity contribution is -0.117. The van der Waals surface area contributed by atoms with E-state index in [1.54, 1.807) is 0 Å². The van der Waals surface area contributed by atoms with Crippen LogP contribution in [0.25, 0.3) is 0 Å². The minimum Gasteiger partial charge on any atom is -0.390 e. The lowest BCUT2D eigenvalue weighted by Crippen LogP contribution is -2.48. The van der Waals surface area contributed by atoms with Crippen molar-refractivity contribution in [3.05, 3.63) is 29.3 Å². The highest BCUT2D eigenvalue weighted by atomic mass is 16.3. The van der Waals surface area contributed by atoms with Gasteiger partial charge in [0.25, 0.3) is 0 Å². The molecule has 6 heteroatoms. The Morgan fingerprint density at radius 3 is 2.40 bits per heavy atom. The molecular formula is C19H32N4O2. The molecule has 2 rings (SSSR count). The highest BCUT2D eigenvalue weighted by Crippen LogP contribution is 2.13. The second-order valence-corrected chi connectivity index (χ2v) is 7.38. The number of anilines is 1. The third-order valence-electron chi connectivity index (χ3n) is 4.51. The molecule has 1 aliphatic heterocycles. The van der Waals surface area contributed by atoms with Crippen molar-refractivity contribution in [1.82, 2.24) is 14.7 Å². The number of aryl methyl sites for hydroxylation is 2. The van der Waals surface area contributed by atoms with Gasteiger partial charge < -0.3 is 15.3 Å². The lowest BCUT2D eigenvalue weighted by atomic mass is 10.1. The van der Waals surface area contributed by atoms with Gasteiger partial charge in [-0.05, 0) is 51.2 Å². The second kappa shape index (κ2) is 9.29. The molecule has 1 fully saturated rings. The number of likely N-dealkylation sites (N-methyl/N-ethyl adjacent to an activating group) is 2. The minimum absolute atomic E-state index is 0.0562. The molecule has 0 saturated carbocycles. The minimum atomic E-state index is -0.442. The standard InChI is InChI=1S/C19H32N4O2/c1-15-9-16(2)11-17(10-15)20-19(25)14-22(4)12-18(24)13-23-7-5-21(3)6-8-23/h9-11,18,24H,5-8,12-14H2,1-4H3,(H,20,25). The molecule has 1 amide bonds. The molecular weight excluding hydrogens is 316 g/mol. The SMILES string of the molecule is Cc1cc(C)cc(NC(=O)CN(C)CC(O)CN2CCN(C)CC2)c1. The van der Waals surface area contributed by atoms with E-state index >= 15 is 0 Å². The van der Waals surface area contributed by atoms with Crippen molar-refractivity contribution in [3.63, 3.8) is 0 Å². The average molecular weight is 348 g/mol. The summed E-state index contributed by atoms with van der Waals surface area (Å²) in [7, 11) is 3.99. The van der Waals surface area contributed by atoms with Crippen molar-refractivity contribution in [1.29, 1.82) is 0 Å². The summed E-state index contributed by atoms with van der Waals surface area (Å²) in [5.41, 5.74) is 3.09. The number of nitrogens with one attached hydrogen (secondary N) is 1. The lowest BCUT2D eigenvalue weighted by Gasteiger charge is -2.34. The maximum atomic E-state index is 12.2. The van der Waals surface area contributed by atoms with Crippen molar-refractivity contribution in [2.75, 3.05) is 65.2 Å². The number of carbonyl (C=O) groups is 1. The molecule has 0 radical (unpaired) electrons.